The van der Waals surface area contributed by atoms with Gasteiger partial charge in [-0.1, -0.05) is 25.1 Å². The molecule has 0 atom stereocenters. The molecule has 0 unspecified atom stereocenters. The number of benzene rings is 1. The summed E-state index contributed by atoms with van der Waals surface area (Å²) < 4.78 is 13.7. The van der Waals surface area contributed by atoms with E-state index in [-0.39, 0.29) is 18.9 Å². The lowest BCUT2D eigenvalue weighted by Crippen LogP contribution is -2.52. The number of urea groups is 1. The Morgan fingerprint density at radius 1 is 1.33 bits per heavy atom. The fourth-order valence-electron chi connectivity index (χ4n) is 3.69. The van der Waals surface area contributed by atoms with Gasteiger partial charge in [0, 0.05) is 12.1 Å². The monoisotopic (exact) mass is 376 g/mol. The summed E-state index contributed by atoms with van der Waals surface area (Å²) in [4.78, 5) is 38.8. The van der Waals surface area contributed by atoms with Crippen molar-refractivity contribution in [1.29, 1.82) is 0 Å². The van der Waals surface area contributed by atoms with Crippen LogP contribution < -0.4 is 10.7 Å². The Labute approximate surface area is 157 Å². The van der Waals surface area contributed by atoms with Crippen LogP contribution in [0.5, 0.6) is 0 Å². The summed E-state index contributed by atoms with van der Waals surface area (Å²) in [6.07, 6.45) is 2.88. The fourth-order valence-corrected chi connectivity index (χ4v) is 3.69. The van der Waals surface area contributed by atoms with Crippen molar-refractivity contribution in [2.75, 3.05) is 13.6 Å². The molecule has 146 valence electrons. The average molecular weight is 376 g/mol. The van der Waals surface area contributed by atoms with E-state index in [2.05, 4.69) is 17.7 Å². The SMILES string of the molecule is CC1CCC2(CC1)NC(=O)N(NC(=O)CN(C)Cc1ccccc1F)C2=O. The number of hydrogen-bond acceptors (Lipinski definition) is 4. The maximum absolute atomic E-state index is 13.7. The summed E-state index contributed by atoms with van der Waals surface area (Å²) in [6, 6.07) is 5.74. The molecule has 1 aromatic rings. The zero-order valence-corrected chi connectivity index (χ0v) is 15.6. The van der Waals surface area contributed by atoms with Crippen LogP contribution in [-0.2, 0) is 16.1 Å². The van der Waals surface area contributed by atoms with Crippen LogP contribution in [0, 0.1) is 11.7 Å². The predicted molar refractivity (Wildman–Crippen MR) is 96.6 cm³/mol. The van der Waals surface area contributed by atoms with E-state index >= 15 is 0 Å². The minimum Gasteiger partial charge on any atom is -0.322 e. The van der Waals surface area contributed by atoms with Crippen molar-refractivity contribution in [3.63, 3.8) is 0 Å². The van der Waals surface area contributed by atoms with Crippen LogP contribution in [0.4, 0.5) is 9.18 Å². The molecule has 1 saturated heterocycles. The predicted octanol–water partition coefficient (Wildman–Crippen LogP) is 1.79. The first-order chi connectivity index (χ1) is 12.8. The number of carbonyl (C=O) groups excluding carboxylic acids is 3. The van der Waals surface area contributed by atoms with Gasteiger partial charge in [-0.15, -0.1) is 0 Å². The molecule has 4 amide bonds. The summed E-state index contributed by atoms with van der Waals surface area (Å²) in [5.74, 6) is -0.716. The molecule has 1 aliphatic heterocycles. The normalized spacial score (nSPS) is 25.2. The summed E-state index contributed by atoms with van der Waals surface area (Å²) in [5, 5.41) is 3.54. The third-order valence-electron chi connectivity index (χ3n) is 5.34. The van der Waals surface area contributed by atoms with Crippen molar-refractivity contribution in [3.8, 4) is 0 Å². The maximum atomic E-state index is 13.7. The topological polar surface area (TPSA) is 81.8 Å². The van der Waals surface area contributed by atoms with Gasteiger partial charge in [-0.3, -0.25) is 19.9 Å². The van der Waals surface area contributed by atoms with Gasteiger partial charge < -0.3 is 5.32 Å². The molecular formula is C19H25FN4O3. The Kier molecular flexibility index (Phi) is 5.46. The fraction of sp³-hybridized carbons (Fsp3) is 0.526. The first-order valence-corrected chi connectivity index (χ1v) is 9.19. The summed E-state index contributed by atoms with van der Waals surface area (Å²) >= 11 is 0. The van der Waals surface area contributed by atoms with Crippen molar-refractivity contribution in [1.82, 2.24) is 20.7 Å². The molecule has 0 bridgehead atoms. The van der Waals surface area contributed by atoms with Crippen LogP contribution >= 0.6 is 0 Å². The Morgan fingerprint density at radius 3 is 2.67 bits per heavy atom. The number of hydrazine groups is 1. The quantitative estimate of drug-likeness (QED) is 0.768. The Morgan fingerprint density at radius 2 is 2.00 bits per heavy atom. The lowest BCUT2D eigenvalue weighted by Gasteiger charge is -2.33. The first-order valence-electron chi connectivity index (χ1n) is 9.19. The molecule has 1 saturated carbocycles. The van der Waals surface area contributed by atoms with Crippen LogP contribution in [0.15, 0.2) is 24.3 Å². The smallest absolute Gasteiger partial charge is 0.322 e. The van der Waals surface area contributed by atoms with Gasteiger partial charge >= 0.3 is 6.03 Å². The number of nitrogens with zero attached hydrogens (tertiary/aromatic N) is 2. The van der Waals surface area contributed by atoms with Crippen LogP contribution in [0.2, 0.25) is 0 Å². The van der Waals surface area contributed by atoms with E-state index in [1.165, 1.54) is 6.07 Å². The number of amides is 4. The highest BCUT2D eigenvalue weighted by atomic mass is 19.1. The molecule has 0 aromatic heterocycles. The van der Waals surface area contributed by atoms with Crippen molar-refractivity contribution >= 4 is 17.8 Å². The average Bonchev–Trinajstić information content (AvgIpc) is 2.84. The number of rotatable bonds is 5. The first kappa shape index (κ1) is 19.3. The molecule has 8 heteroatoms. The van der Waals surface area contributed by atoms with E-state index in [1.54, 1.807) is 30.1 Å². The van der Waals surface area contributed by atoms with E-state index in [0.717, 1.165) is 17.9 Å². The van der Waals surface area contributed by atoms with Gasteiger partial charge in [-0.05, 0) is 44.7 Å². The second-order valence-electron chi connectivity index (χ2n) is 7.63. The second kappa shape index (κ2) is 7.64. The lowest BCUT2D eigenvalue weighted by molar-refractivity contribution is -0.140. The zero-order valence-electron chi connectivity index (χ0n) is 15.6. The largest absolute Gasteiger partial charge is 0.344 e. The molecule has 1 aromatic carbocycles. The number of nitrogens with one attached hydrogen (secondary N) is 2. The van der Waals surface area contributed by atoms with E-state index in [1.807, 2.05) is 0 Å². The van der Waals surface area contributed by atoms with Gasteiger partial charge in [0.2, 0.25) is 0 Å². The van der Waals surface area contributed by atoms with Crippen LogP contribution in [0.3, 0.4) is 0 Å². The van der Waals surface area contributed by atoms with Gasteiger partial charge in [-0.2, -0.15) is 5.01 Å². The summed E-state index contributed by atoms with van der Waals surface area (Å²) in [6.45, 7) is 2.29. The standard InChI is InChI=1S/C19H25FN4O3/c1-13-7-9-19(10-8-13)17(26)24(18(27)21-19)22-16(25)12-23(2)11-14-5-3-4-6-15(14)20/h3-6,13H,7-12H2,1-2H3,(H,21,27)(H,22,25). The highest BCUT2D eigenvalue weighted by molar-refractivity contribution is 6.08. The molecule has 2 fully saturated rings. The molecule has 0 radical (unpaired) electrons. The zero-order chi connectivity index (χ0) is 19.6. The molecule has 7 nitrogen and oxygen atoms in total. The molecule has 1 spiro atoms. The van der Waals surface area contributed by atoms with Gasteiger partial charge in [0.1, 0.15) is 11.4 Å². The minimum absolute atomic E-state index is 0.0740. The van der Waals surface area contributed by atoms with E-state index in [9.17, 15) is 18.8 Å². The third-order valence-corrected chi connectivity index (χ3v) is 5.34. The van der Waals surface area contributed by atoms with Gasteiger partial charge in [-0.25, -0.2) is 9.18 Å². The van der Waals surface area contributed by atoms with Gasteiger partial charge in [0.05, 0.1) is 6.54 Å². The Balaban J connectivity index is 1.57. The highest BCUT2D eigenvalue weighted by Gasteiger charge is 2.52. The Hall–Kier alpha value is -2.48. The molecule has 1 heterocycles. The van der Waals surface area contributed by atoms with Crippen molar-refractivity contribution in [3.05, 3.63) is 35.6 Å². The number of imide groups is 1. The third kappa shape index (κ3) is 4.10. The maximum Gasteiger partial charge on any atom is 0.344 e. The van der Waals surface area contributed by atoms with Crippen molar-refractivity contribution in [2.45, 2.75) is 44.7 Å². The highest BCUT2D eigenvalue weighted by Crippen LogP contribution is 2.35. The van der Waals surface area contributed by atoms with Crippen LogP contribution in [0.25, 0.3) is 0 Å². The minimum atomic E-state index is -0.893. The van der Waals surface area contributed by atoms with Crippen molar-refractivity contribution in [2.24, 2.45) is 5.92 Å². The van der Waals surface area contributed by atoms with Crippen LogP contribution in [-0.4, -0.2) is 46.9 Å². The summed E-state index contributed by atoms with van der Waals surface area (Å²) in [5.41, 5.74) is 1.97. The molecular weight excluding hydrogens is 351 g/mol. The molecule has 2 N–H and O–H groups in total. The Bertz CT molecular complexity index is 746. The number of halogens is 1. The van der Waals surface area contributed by atoms with Crippen LogP contribution in [0.1, 0.15) is 38.2 Å². The lowest BCUT2D eigenvalue weighted by atomic mass is 9.77. The molecule has 1 aliphatic carbocycles. The van der Waals surface area contributed by atoms with Gasteiger partial charge in [0.25, 0.3) is 11.8 Å². The van der Waals surface area contributed by atoms with Gasteiger partial charge in [0.15, 0.2) is 0 Å². The number of carbonyl (C=O) groups is 3. The van der Waals surface area contributed by atoms with E-state index < -0.39 is 23.4 Å². The molecule has 27 heavy (non-hydrogen) atoms. The number of hydrogen-bond donors (Lipinski definition) is 2. The van der Waals surface area contributed by atoms with E-state index in [4.69, 9.17) is 0 Å². The summed E-state index contributed by atoms with van der Waals surface area (Å²) in [7, 11) is 1.67. The molecule has 3 rings (SSSR count). The van der Waals surface area contributed by atoms with E-state index in [0.29, 0.717) is 24.3 Å². The van der Waals surface area contributed by atoms with Crippen molar-refractivity contribution < 1.29 is 18.8 Å². The number of likely N-dealkylation sites (N-methyl/N-ethyl adjacent to an activating group) is 1. The second-order valence-corrected chi connectivity index (χ2v) is 7.63. The molecule has 2 aliphatic rings.